The number of benzene rings is 2. The summed E-state index contributed by atoms with van der Waals surface area (Å²) >= 11 is 0. The molecule has 0 saturated heterocycles. The Hall–Kier alpha value is -3.34. The van der Waals surface area contributed by atoms with Crippen LogP contribution in [-0.2, 0) is 12.8 Å². The summed E-state index contributed by atoms with van der Waals surface area (Å²) in [6, 6.07) is 4.89. The molecule has 3 rings (SSSR count). The molecule has 5 heteroatoms. The topological polar surface area (TPSA) is 79.2 Å². The molecule has 2 aromatic carbocycles. The van der Waals surface area contributed by atoms with Crippen LogP contribution < -0.4 is 9.47 Å². The zero-order valence-electron chi connectivity index (χ0n) is 18.7. The lowest BCUT2D eigenvalue weighted by Crippen LogP contribution is -2.09. The molecule has 0 aromatic heterocycles. The van der Waals surface area contributed by atoms with Crippen LogP contribution in [0, 0.1) is 0 Å². The zero-order valence-corrected chi connectivity index (χ0v) is 18.7. The number of hydrogen-bond acceptors (Lipinski definition) is 5. The summed E-state index contributed by atoms with van der Waals surface area (Å²) in [5, 5.41) is 31.6. The smallest absolute Gasteiger partial charge is 0.137 e. The highest BCUT2D eigenvalue weighted by Crippen LogP contribution is 2.45. The maximum absolute atomic E-state index is 10.9. The SMILES string of the molecule is COc1c2c(cc(O)c1CC=C(C)C)OCC(c1ccc(O)c(CC=C(C)C)c1O)=C2. The summed E-state index contributed by atoms with van der Waals surface area (Å²) < 4.78 is 11.6. The Morgan fingerprint density at radius 2 is 1.61 bits per heavy atom. The van der Waals surface area contributed by atoms with Gasteiger partial charge < -0.3 is 24.8 Å². The van der Waals surface area contributed by atoms with E-state index in [1.54, 1.807) is 25.3 Å². The molecule has 2 aromatic rings. The second-order valence-corrected chi connectivity index (χ2v) is 8.21. The highest BCUT2D eigenvalue weighted by molar-refractivity contribution is 5.90. The monoisotopic (exact) mass is 422 g/mol. The van der Waals surface area contributed by atoms with Crippen LogP contribution in [0.15, 0.2) is 41.5 Å². The number of hydrogen-bond donors (Lipinski definition) is 3. The lowest BCUT2D eigenvalue weighted by Gasteiger charge is -2.23. The lowest BCUT2D eigenvalue weighted by molar-refractivity contribution is 0.349. The Labute approximate surface area is 183 Å². The van der Waals surface area contributed by atoms with Crippen LogP contribution in [0.4, 0.5) is 0 Å². The van der Waals surface area contributed by atoms with Gasteiger partial charge in [-0.25, -0.2) is 0 Å². The van der Waals surface area contributed by atoms with E-state index in [1.165, 1.54) is 0 Å². The molecule has 0 fully saturated rings. The standard InChI is InChI=1S/C26H30O5/c1-15(2)6-8-19-22(27)11-10-18(25(19)29)17-12-21-24(31-14-17)13-23(28)20(26(21)30-5)9-7-16(3)4/h6-7,10-13,27-29H,8-9,14H2,1-5H3. The Morgan fingerprint density at radius 3 is 2.23 bits per heavy atom. The third-order valence-electron chi connectivity index (χ3n) is 5.30. The summed E-state index contributed by atoms with van der Waals surface area (Å²) in [5.74, 6) is 1.30. The third-order valence-corrected chi connectivity index (χ3v) is 5.30. The summed E-state index contributed by atoms with van der Waals surface area (Å²) in [6.07, 6.45) is 6.87. The number of aromatic hydroxyl groups is 3. The zero-order chi connectivity index (χ0) is 22.7. The number of phenols is 3. The van der Waals surface area contributed by atoms with Gasteiger partial charge in [0.25, 0.3) is 0 Å². The minimum Gasteiger partial charge on any atom is -0.508 e. The molecule has 0 atom stereocenters. The van der Waals surface area contributed by atoms with Gasteiger partial charge in [-0.2, -0.15) is 0 Å². The van der Waals surface area contributed by atoms with Crippen LogP contribution >= 0.6 is 0 Å². The van der Waals surface area contributed by atoms with Gasteiger partial charge in [0.15, 0.2) is 0 Å². The van der Waals surface area contributed by atoms with E-state index >= 15 is 0 Å². The summed E-state index contributed by atoms with van der Waals surface area (Å²) in [4.78, 5) is 0. The quantitative estimate of drug-likeness (QED) is 0.516. The molecule has 5 nitrogen and oxygen atoms in total. The number of ether oxygens (including phenoxy) is 2. The van der Waals surface area contributed by atoms with Gasteiger partial charge in [0.2, 0.25) is 0 Å². The van der Waals surface area contributed by atoms with Crippen LogP contribution in [0.3, 0.4) is 0 Å². The van der Waals surface area contributed by atoms with Crippen molar-refractivity contribution in [2.45, 2.75) is 40.5 Å². The average molecular weight is 423 g/mol. The normalized spacial score (nSPS) is 12.4. The summed E-state index contributed by atoms with van der Waals surface area (Å²) in [6.45, 7) is 8.18. The highest BCUT2D eigenvalue weighted by Gasteiger charge is 2.24. The van der Waals surface area contributed by atoms with Gasteiger partial charge in [-0.1, -0.05) is 23.3 Å². The van der Waals surface area contributed by atoms with Crippen molar-refractivity contribution in [3.8, 4) is 28.7 Å². The fraction of sp³-hybridized carbons (Fsp3) is 0.308. The predicted molar refractivity (Wildman–Crippen MR) is 124 cm³/mol. The van der Waals surface area contributed by atoms with Crippen molar-refractivity contribution in [3.05, 3.63) is 63.8 Å². The van der Waals surface area contributed by atoms with Crippen LogP contribution in [0.1, 0.15) is 49.9 Å². The van der Waals surface area contributed by atoms with Crippen molar-refractivity contribution < 1.29 is 24.8 Å². The number of fused-ring (bicyclic) bond motifs is 1. The number of phenolic OH excluding ortho intramolecular Hbond substituents is 3. The second kappa shape index (κ2) is 9.21. The highest BCUT2D eigenvalue weighted by atomic mass is 16.5. The van der Waals surface area contributed by atoms with Gasteiger partial charge in [-0.3, -0.25) is 0 Å². The molecule has 0 radical (unpaired) electrons. The molecule has 0 amide bonds. The van der Waals surface area contributed by atoms with Crippen molar-refractivity contribution in [2.24, 2.45) is 0 Å². The molecule has 0 aliphatic carbocycles. The first-order valence-corrected chi connectivity index (χ1v) is 10.3. The Morgan fingerprint density at radius 1 is 0.968 bits per heavy atom. The fourth-order valence-corrected chi connectivity index (χ4v) is 3.59. The van der Waals surface area contributed by atoms with Gasteiger partial charge >= 0.3 is 0 Å². The largest absolute Gasteiger partial charge is 0.508 e. The van der Waals surface area contributed by atoms with Gasteiger partial charge in [0, 0.05) is 28.3 Å². The van der Waals surface area contributed by atoms with E-state index in [4.69, 9.17) is 9.47 Å². The van der Waals surface area contributed by atoms with E-state index in [0.29, 0.717) is 41.0 Å². The van der Waals surface area contributed by atoms with E-state index < -0.39 is 0 Å². The molecule has 0 spiro atoms. The number of allylic oxidation sites excluding steroid dienone is 4. The van der Waals surface area contributed by atoms with E-state index in [2.05, 4.69) is 0 Å². The first-order chi connectivity index (χ1) is 14.7. The molecule has 1 heterocycles. The first kappa shape index (κ1) is 22.3. The molecule has 164 valence electrons. The molecule has 31 heavy (non-hydrogen) atoms. The van der Waals surface area contributed by atoms with E-state index in [1.807, 2.05) is 45.9 Å². The Kier molecular flexibility index (Phi) is 6.64. The van der Waals surface area contributed by atoms with Crippen LogP contribution in [0.2, 0.25) is 0 Å². The van der Waals surface area contributed by atoms with Crippen LogP contribution in [-0.4, -0.2) is 29.0 Å². The van der Waals surface area contributed by atoms with Gasteiger partial charge in [0.1, 0.15) is 35.4 Å². The predicted octanol–water partition coefficient (Wildman–Crippen LogP) is 5.76. The van der Waals surface area contributed by atoms with Gasteiger partial charge in [0.05, 0.1) is 12.7 Å². The number of rotatable bonds is 6. The van der Waals surface area contributed by atoms with Crippen LogP contribution in [0.25, 0.3) is 11.6 Å². The maximum Gasteiger partial charge on any atom is 0.137 e. The third kappa shape index (κ3) is 4.71. The Balaban J connectivity index is 2.11. The minimum atomic E-state index is 0.0401. The molecule has 0 bridgehead atoms. The number of methoxy groups -OCH3 is 1. The first-order valence-electron chi connectivity index (χ1n) is 10.3. The molecule has 0 saturated carbocycles. The molecular weight excluding hydrogens is 392 g/mol. The summed E-state index contributed by atoms with van der Waals surface area (Å²) in [7, 11) is 1.57. The Bertz CT molecular complexity index is 1080. The van der Waals surface area contributed by atoms with Crippen molar-refractivity contribution in [1.29, 1.82) is 0 Å². The molecule has 0 unspecified atom stereocenters. The summed E-state index contributed by atoms with van der Waals surface area (Å²) in [5.41, 5.74) is 5.49. The molecule has 1 aliphatic heterocycles. The van der Waals surface area contributed by atoms with E-state index in [9.17, 15) is 15.3 Å². The van der Waals surface area contributed by atoms with Crippen molar-refractivity contribution >= 4 is 11.6 Å². The van der Waals surface area contributed by atoms with Crippen LogP contribution in [0.5, 0.6) is 28.7 Å². The molecular formula is C26H30O5. The fourth-order valence-electron chi connectivity index (χ4n) is 3.59. The molecule has 1 aliphatic rings. The second-order valence-electron chi connectivity index (χ2n) is 8.21. The van der Waals surface area contributed by atoms with E-state index in [0.717, 1.165) is 22.3 Å². The van der Waals surface area contributed by atoms with Gasteiger partial charge in [-0.15, -0.1) is 0 Å². The lowest BCUT2D eigenvalue weighted by atomic mass is 9.94. The van der Waals surface area contributed by atoms with Crippen molar-refractivity contribution in [1.82, 2.24) is 0 Å². The molecule has 3 N–H and O–H groups in total. The maximum atomic E-state index is 10.9. The van der Waals surface area contributed by atoms with Crippen molar-refractivity contribution in [2.75, 3.05) is 13.7 Å². The van der Waals surface area contributed by atoms with Crippen molar-refractivity contribution in [3.63, 3.8) is 0 Å². The average Bonchev–Trinajstić information content (AvgIpc) is 2.71. The van der Waals surface area contributed by atoms with Gasteiger partial charge in [-0.05, 0) is 58.7 Å². The van der Waals surface area contributed by atoms with E-state index in [-0.39, 0.29) is 23.9 Å². The minimum absolute atomic E-state index is 0.0401.